The number of primary amides is 1. The third-order valence-electron chi connectivity index (χ3n) is 5.83. The number of nitrogens with zero attached hydrogens (tertiary/aromatic N) is 1. The van der Waals surface area contributed by atoms with Crippen LogP contribution in [0.4, 0.5) is 0 Å². The Morgan fingerprint density at radius 3 is 2.28 bits per heavy atom. The normalized spacial score (nSPS) is 14.0. The highest BCUT2D eigenvalue weighted by Gasteiger charge is 2.13. The van der Waals surface area contributed by atoms with Crippen LogP contribution in [-0.2, 0) is 11.2 Å². The first-order valence-corrected chi connectivity index (χ1v) is 12.5. The van der Waals surface area contributed by atoms with Gasteiger partial charge in [0.2, 0.25) is 5.91 Å². The molecule has 2 heterocycles. The molecule has 7 heteroatoms. The molecule has 2 aromatic carbocycles. The molecule has 7 nitrogen and oxygen atoms in total. The van der Waals surface area contributed by atoms with Gasteiger partial charge in [0, 0.05) is 18.4 Å². The predicted octanol–water partition coefficient (Wildman–Crippen LogP) is 4.27. The largest absolute Gasteiger partial charge is 0.494 e. The third kappa shape index (κ3) is 10.0. The Labute approximate surface area is 214 Å². The van der Waals surface area contributed by atoms with E-state index >= 15 is 0 Å². The number of fused-ring (bicyclic) bond motifs is 1. The van der Waals surface area contributed by atoms with Crippen molar-refractivity contribution in [3.05, 3.63) is 53.6 Å². The summed E-state index contributed by atoms with van der Waals surface area (Å²) in [5, 5.41) is 0. The Bertz CT molecular complexity index is 965. The molecule has 36 heavy (non-hydrogen) atoms. The zero-order chi connectivity index (χ0) is 26.2. The molecule has 4 rings (SSSR count). The summed E-state index contributed by atoms with van der Waals surface area (Å²) in [6.45, 7) is 7.64. The first-order valence-electron chi connectivity index (χ1n) is 12.5. The topological polar surface area (TPSA) is 91.1 Å². The Balaban J connectivity index is 0.000000239. The van der Waals surface area contributed by atoms with Gasteiger partial charge in [-0.1, -0.05) is 6.07 Å². The smallest absolute Gasteiger partial charge is 0.217 e. The number of likely N-dealkylation sites (tertiary alicyclic amines) is 1. The van der Waals surface area contributed by atoms with Crippen LogP contribution in [0.25, 0.3) is 0 Å². The molecule has 0 atom stereocenters. The first kappa shape index (κ1) is 28.7. The number of hydrogen-bond donors (Lipinski definition) is 1. The molecular weight excluding hydrogens is 456 g/mol. The minimum absolute atomic E-state index is 0.0816. The van der Waals surface area contributed by atoms with E-state index in [0.717, 1.165) is 23.7 Å². The number of aryl methyl sites for hydroxylation is 1. The van der Waals surface area contributed by atoms with Gasteiger partial charge in [0.25, 0.3) is 0 Å². The molecule has 2 aliphatic rings. The summed E-state index contributed by atoms with van der Waals surface area (Å²) < 4.78 is 16.4. The highest BCUT2D eigenvalue weighted by molar-refractivity contribution is 5.97. The summed E-state index contributed by atoms with van der Waals surface area (Å²) in [7, 11) is 0. The van der Waals surface area contributed by atoms with Gasteiger partial charge in [-0.05, 0) is 94.2 Å². The molecule has 1 amide bonds. The lowest BCUT2D eigenvalue weighted by Crippen LogP contribution is -2.20. The molecule has 0 aliphatic carbocycles. The monoisotopic (exact) mass is 494 g/mol. The van der Waals surface area contributed by atoms with E-state index in [-0.39, 0.29) is 18.6 Å². The number of Topliss-reactive ketones (excluding diaryl/α,β-unsaturated/α-hetero) is 1. The molecule has 0 spiro atoms. The molecule has 2 aliphatic heterocycles. The fourth-order valence-corrected chi connectivity index (χ4v) is 4.04. The van der Waals surface area contributed by atoms with Crippen molar-refractivity contribution >= 4 is 11.7 Å². The molecule has 0 radical (unpaired) electrons. The number of hydrogen-bond acceptors (Lipinski definition) is 6. The van der Waals surface area contributed by atoms with Crippen molar-refractivity contribution in [2.75, 3.05) is 39.5 Å². The molecule has 0 unspecified atom stereocenters. The number of benzene rings is 2. The number of terminal acetylenes is 1. The Morgan fingerprint density at radius 2 is 1.64 bits per heavy atom. The molecule has 1 saturated heterocycles. The van der Waals surface area contributed by atoms with Crippen LogP contribution >= 0.6 is 0 Å². The Kier molecular flexibility index (Phi) is 12.9. The quantitative estimate of drug-likeness (QED) is 0.392. The van der Waals surface area contributed by atoms with Crippen LogP contribution < -0.4 is 19.9 Å². The van der Waals surface area contributed by atoms with Gasteiger partial charge in [0.1, 0.15) is 19.0 Å². The highest BCUT2D eigenvalue weighted by atomic mass is 16.6. The number of carbonyl (C=O) groups is 2. The van der Waals surface area contributed by atoms with Crippen LogP contribution in [0.2, 0.25) is 0 Å². The van der Waals surface area contributed by atoms with Crippen LogP contribution in [0.5, 0.6) is 17.2 Å². The molecule has 2 N–H and O–H groups in total. The molecule has 0 aromatic heterocycles. The molecule has 2 aromatic rings. The summed E-state index contributed by atoms with van der Waals surface area (Å²) in [5.74, 6) is 2.00. The predicted molar refractivity (Wildman–Crippen MR) is 142 cm³/mol. The van der Waals surface area contributed by atoms with Crippen molar-refractivity contribution in [3.8, 4) is 30.1 Å². The van der Waals surface area contributed by atoms with E-state index in [1.807, 2.05) is 13.0 Å². The third-order valence-corrected chi connectivity index (χ3v) is 5.83. The van der Waals surface area contributed by atoms with E-state index < -0.39 is 5.91 Å². The lowest BCUT2D eigenvalue weighted by molar-refractivity contribution is -0.118. The van der Waals surface area contributed by atoms with Crippen LogP contribution in [0, 0.1) is 12.8 Å². The zero-order valence-electron chi connectivity index (χ0n) is 21.2. The highest BCUT2D eigenvalue weighted by Crippen LogP contribution is 2.31. The minimum Gasteiger partial charge on any atom is -0.494 e. The fraction of sp³-hybridized carbons (Fsp3) is 0.448. The Morgan fingerprint density at radius 1 is 0.972 bits per heavy atom. The number of ketones is 1. The van der Waals surface area contributed by atoms with Crippen molar-refractivity contribution in [2.24, 2.45) is 5.73 Å². The lowest BCUT2D eigenvalue weighted by atomic mass is 10.1. The molecule has 0 bridgehead atoms. The average molecular weight is 495 g/mol. The van der Waals surface area contributed by atoms with E-state index in [9.17, 15) is 9.59 Å². The second kappa shape index (κ2) is 16.2. The van der Waals surface area contributed by atoms with Gasteiger partial charge >= 0.3 is 0 Å². The molecule has 1 fully saturated rings. The van der Waals surface area contributed by atoms with E-state index in [1.54, 1.807) is 24.3 Å². The summed E-state index contributed by atoms with van der Waals surface area (Å²) in [5.41, 5.74) is 6.90. The van der Waals surface area contributed by atoms with Gasteiger partial charge in [-0.2, -0.15) is 0 Å². The van der Waals surface area contributed by atoms with Crippen molar-refractivity contribution in [3.63, 3.8) is 0 Å². The lowest BCUT2D eigenvalue weighted by Gasteiger charge is -2.19. The van der Waals surface area contributed by atoms with Crippen molar-refractivity contribution < 1.29 is 23.8 Å². The van der Waals surface area contributed by atoms with E-state index in [0.29, 0.717) is 25.4 Å². The van der Waals surface area contributed by atoms with Gasteiger partial charge in [-0.15, -0.1) is 12.8 Å². The van der Waals surface area contributed by atoms with Crippen LogP contribution in [-0.4, -0.2) is 56.0 Å². The Hall–Kier alpha value is -3.50. The standard InChI is InChI=1S/C15H21NO2.C12H15NO3.C2H2/c1-2-8-16(7-1)9-3-4-13-5-6-14-15(12-13)18-11-10-17-14;1-2-16-10-5-3-9(4-6-10)11(14)7-8-12(13)15;1-2/h5-6,12H,1-4,7-11H2;3-6H,2,7-8H2,1H3,(H2,13,15);1-2H. The summed E-state index contributed by atoms with van der Waals surface area (Å²) in [6.07, 6.45) is 13.4. The summed E-state index contributed by atoms with van der Waals surface area (Å²) in [4.78, 5) is 24.7. The number of carbonyl (C=O) groups excluding carboxylic acids is 2. The maximum Gasteiger partial charge on any atom is 0.217 e. The second-order valence-corrected chi connectivity index (χ2v) is 8.48. The van der Waals surface area contributed by atoms with Gasteiger partial charge in [-0.25, -0.2) is 0 Å². The number of rotatable bonds is 10. The molecular formula is C29H38N2O5. The first-order chi connectivity index (χ1) is 17.5. The van der Waals surface area contributed by atoms with Crippen LogP contribution in [0.1, 0.15) is 54.9 Å². The van der Waals surface area contributed by atoms with Crippen LogP contribution in [0.3, 0.4) is 0 Å². The van der Waals surface area contributed by atoms with Crippen LogP contribution in [0.15, 0.2) is 42.5 Å². The van der Waals surface area contributed by atoms with E-state index in [4.69, 9.17) is 19.9 Å². The summed E-state index contributed by atoms with van der Waals surface area (Å²) in [6, 6.07) is 13.2. The summed E-state index contributed by atoms with van der Waals surface area (Å²) >= 11 is 0. The van der Waals surface area contributed by atoms with E-state index in [2.05, 4.69) is 29.9 Å². The average Bonchev–Trinajstić information content (AvgIpc) is 3.43. The maximum atomic E-state index is 11.6. The SMILES string of the molecule is C#C.CCOc1ccc(C(=O)CCC(N)=O)cc1.c1cc2c(cc1CCCN1CCCC1)OCCO2. The van der Waals surface area contributed by atoms with Crippen molar-refractivity contribution in [2.45, 2.75) is 45.4 Å². The van der Waals surface area contributed by atoms with Gasteiger partial charge < -0.3 is 24.8 Å². The number of nitrogens with two attached hydrogens (primary N) is 1. The zero-order valence-corrected chi connectivity index (χ0v) is 21.2. The van der Waals surface area contributed by atoms with Gasteiger partial charge in [-0.3, -0.25) is 9.59 Å². The van der Waals surface area contributed by atoms with Crippen molar-refractivity contribution in [1.82, 2.24) is 4.90 Å². The number of amides is 1. The second-order valence-electron chi connectivity index (χ2n) is 8.48. The number of ether oxygens (including phenoxy) is 3. The minimum atomic E-state index is -0.459. The van der Waals surface area contributed by atoms with Gasteiger partial charge in [0.15, 0.2) is 17.3 Å². The molecule has 194 valence electrons. The van der Waals surface area contributed by atoms with Crippen molar-refractivity contribution in [1.29, 1.82) is 0 Å². The maximum absolute atomic E-state index is 11.6. The van der Waals surface area contributed by atoms with Gasteiger partial charge in [0.05, 0.1) is 6.61 Å². The fourth-order valence-electron chi connectivity index (χ4n) is 4.04. The molecule has 0 saturated carbocycles. The van der Waals surface area contributed by atoms with E-state index in [1.165, 1.54) is 44.5 Å².